The van der Waals surface area contributed by atoms with Crippen LogP contribution in [0.3, 0.4) is 0 Å². The lowest BCUT2D eigenvalue weighted by Gasteiger charge is -2.05. The van der Waals surface area contributed by atoms with E-state index in [-0.39, 0.29) is 10.6 Å². The molecular weight excluding hydrogens is 254 g/mol. The van der Waals surface area contributed by atoms with Crippen LogP contribution in [0.2, 0.25) is 0 Å². The maximum Gasteiger partial charge on any atom is 0.269 e. The van der Waals surface area contributed by atoms with E-state index in [9.17, 15) is 10.1 Å². The molecule has 2 aromatic rings. The molecule has 0 fully saturated rings. The van der Waals surface area contributed by atoms with Crippen LogP contribution in [0.25, 0.3) is 0 Å². The predicted molar refractivity (Wildman–Crippen MR) is 77.5 cm³/mol. The molecule has 1 aromatic heterocycles. The molecule has 1 aromatic carbocycles. The van der Waals surface area contributed by atoms with Crippen molar-refractivity contribution in [2.24, 2.45) is 0 Å². The summed E-state index contributed by atoms with van der Waals surface area (Å²) in [5.74, 6) is 0. The van der Waals surface area contributed by atoms with Crippen molar-refractivity contribution in [3.63, 3.8) is 0 Å². The van der Waals surface area contributed by atoms with E-state index in [1.165, 1.54) is 12.1 Å². The lowest BCUT2D eigenvalue weighted by molar-refractivity contribution is -0.384. The second-order valence-electron chi connectivity index (χ2n) is 4.68. The third-order valence-corrected chi connectivity index (χ3v) is 3.02. The Morgan fingerprint density at radius 1 is 1.20 bits per heavy atom. The van der Waals surface area contributed by atoms with E-state index in [4.69, 9.17) is 0 Å². The van der Waals surface area contributed by atoms with Crippen LogP contribution in [0.4, 0.5) is 5.69 Å². The molecule has 0 saturated carbocycles. The highest BCUT2D eigenvalue weighted by molar-refractivity contribution is 5.32. The lowest BCUT2D eigenvalue weighted by Crippen LogP contribution is -2.17. The fourth-order valence-electron chi connectivity index (χ4n) is 1.84. The fourth-order valence-corrected chi connectivity index (χ4v) is 1.84. The van der Waals surface area contributed by atoms with Crippen LogP contribution in [0, 0.1) is 17.0 Å². The fraction of sp³-hybridized carbons (Fsp3) is 0.267. The zero-order valence-electron chi connectivity index (χ0n) is 11.4. The van der Waals surface area contributed by atoms with Crippen LogP contribution in [0.15, 0.2) is 42.6 Å². The number of hydrogen-bond donors (Lipinski definition) is 1. The van der Waals surface area contributed by atoms with Crippen molar-refractivity contribution in [3.05, 3.63) is 69.5 Å². The number of hydrogen-bond acceptors (Lipinski definition) is 4. The molecule has 2 rings (SSSR count). The van der Waals surface area contributed by atoms with Gasteiger partial charge in [-0.25, -0.2) is 0 Å². The second-order valence-corrected chi connectivity index (χ2v) is 4.68. The van der Waals surface area contributed by atoms with Gasteiger partial charge in [-0.15, -0.1) is 0 Å². The maximum atomic E-state index is 10.5. The standard InChI is InChI=1S/C15H17N3O2/c1-12-2-5-14(17-10-12)11-16-9-8-13-3-6-15(7-4-13)18(19)20/h2-7,10,16H,8-9,11H2,1H3. The van der Waals surface area contributed by atoms with Crippen LogP contribution in [0.5, 0.6) is 0 Å². The van der Waals surface area contributed by atoms with Crippen molar-refractivity contribution in [1.82, 2.24) is 10.3 Å². The van der Waals surface area contributed by atoms with E-state index in [0.29, 0.717) is 0 Å². The maximum absolute atomic E-state index is 10.5. The van der Waals surface area contributed by atoms with Gasteiger partial charge in [0.15, 0.2) is 0 Å². The van der Waals surface area contributed by atoms with Crippen molar-refractivity contribution >= 4 is 5.69 Å². The Balaban J connectivity index is 1.75. The van der Waals surface area contributed by atoms with Gasteiger partial charge in [0, 0.05) is 24.9 Å². The van der Waals surface area contributed by atoms with Crippen LogP contribution in [-0.2, 0) is 13.0 Å². The largest absolute Gasteiger partial charge is 0.311 e. The zero-order chi connectivity index (χ0) is 14.4. The van der Waals surface area contributed by atoms with Crippen molar-refractivity contribution < 1.29 is 4.92 Å². The summed E-state index contributed by atoms with van der Waals surface area (Å²) < 4.78 is 0. The molecule has 0 unspecified atom stereocenters. The van der Waals surface area contributed by atoms with Gasteiger partial charge in [-0.3, -0.25) is 15.1 Å². The number of rotatable bonds is 6. The van der Waals surface area contributed by atoms with E-state index in [1.807, 2.05) is 25.3 Å². The highest BCUT2D eigenvalue weighted by atomic mass is 16.6. The topological polar surface area (TPSA) is 68.1 Å². The van der Waals surface area contributed by atoms with Gasteiger partial charge in [-0.1, -0.05) is 18.2 Å². The van der Waals surface area contributed by atoms with Crippen molar-refractivity contribution in [1.29, 1.82) is 0 Å². The van der Waals surface area contributed by atoms with Gasteiger partial charge in [-0.05, 0) is 37.1 Å². The molecule has 0 saturated heterocycles. The first kappa shape index (κ1) is 14.1. The Kier molecular flexibility index (Phi) is 4.79. The Morgan fingerprint density at radius 3 is 2.55 bits per heavy atom. The lowest BCUT2D eigenvalue weighted by atomic mass is 10.1. The number of pyridine rings is 1. The van der Waals surface area contributed by atoms with Gasteiger partial charge >= 0.3 is 0 Å². The molecule has 104 valence electrons. The molecular formula is C15H17N3O2. The minimum Gasteiger partial charge on any atom is -0.311 e. The van der Waals surface area contributed by atoms with Crippen molar-refractivity contribution in [2.75, 3.05) is 6.54 Å². The summed E-state index contributed by atoms with van der Waals surface area (Å²) in [5, 5.41) is 13.9. The third kappa shape index (κ3) is 4.13. The van der Waals surface area contributed by atoms with Gasteiger partial charge in [-0.2, -0.15) is 0 Å². The molecule has 0 bridgehead atoms. The monoisotopic (exact) mass is 271 g/mol. The Hall–Kier alpha value is -2.27. The SMILES string of the molecule is Cc1ccc(CNCCc2ccc([N+](=O)[O-])cc2)nc1. The molecule has 0 aliphatic carbocycles. The third-order valence-electron chi connectivity index (χ3n) is 3.02. The first-order valence-corrected chi connectivity index (χ1v) is 6.51. The minimum atomic E-state index is -0.384. The average Bonchev–Trinajstić information content (AvgIpc) is 2.46. The molecule has 0 amide bonds. The van der Waals surface area contributed by atoms with Gasteiger partial charge in [0.25, 0.3) is 5.69 Å². The summed E-state index contributed by atoms with van der Waals surface area (Å²) in [5.41, 5.74) is 3.38. The smallest absolute Gasteiger partial charge is 0.269 e. The molecule has 0 spiro atoms. The molecule has 0 aliphatic heterocycles. The molecule has 20 heavy (non-hydrogen) atoms. The summed E-state index contributed by atoms with van der Waals surface area (Å²) in [6.07, 6.45) is 2.69. The van der Waals surface area contributed by atoms with Crippen LogP contribution >= 0.6 is 0 Å². The number of benzene rings is 1. The molecule has 1 N–H and O–H groups in total. The summed E-state index contributed by atoms with van der Waals surface area (Å²) in [7, 11) is 0. The van der Waals surface area contributed by atoms with Gasteiger partial charge in [0.2, 0.25) is 0 Å². The van der Waals surface area contributed by atoms with Gasteiger partial charge in [0.05, 0.1) is 10.6 Å². The number of non-ortho nitro benzene ring substituents is 1. The number of aryl methyl sites for hydroxylation is 1. The molecule has 0 aliphatic rings. The number of aromatic nitrogens is 1. The van der Waals surface area contributed by atoms with Crippen LogP contribution in [-0.4, -0.2) is 16.5 Å². The van der Waals surface area contributed by atoms with E-state index in [0.717, 1.165) is 36.3 Å². The van der Waals surface area contributed by atoms with E-state index in [1.54, 1.807) is 12.1 Å². The summed E-state index contributed by atoms with van der Waals surface area (Å²) in [6.45, 7) is 3.55. The van der Waals surface area contributed by atoms with Crippen molar-refractivity contribution in [3.8, 4) is 0 Å². The zero-order valence-corrected chi connectivity index (χ0v) is 11.4. The number of nitrogens with zero attached hydrogens (tertiary/aromatic N) is 2. The number of nitro benzene ring substituents is 1. The molecule has 0 atom stereocenters. The highest BCUT2D eigenvalue weighted by Gasteiger charge is 2.03. The Morgan fingerprint density at radius 2 is 1.95 bits per heavy atom. The first-order valence-electron chi connectivity index (χ1n) is 6.51. The summed E-state index contributed by atoms with van der Waals surface area (Å²) >= 11 is 0. The quantitative estimate of drug-likeness (QED) is 0.498. The van der Waals surface area contributed by atoms with E-state index >= 15 is 0 Å². The molecule has 0 radical (unpaired) electrons. The molecule has 5 heteroatoms. The highest BCUT2D eigenvalue weighted by Crippen LogP contribution is 2.11. The second kappa shape index (κ2) is 6.77. The van der Waals surface area contributed by atoms with Gasteiger partial charge in [0.1, 0.15) is 0 Å². The molecule has 5 nitrogen and oxygen atoms in total. The number of nitrogens with one attached hydrogen (secondary N) is 1. The Bertz CT molecular complexity index is 565. The van der Waals surface area contributed by atoms with E-state index < -0.39 is 0 Å². The van der Waals surface area contributed by atoms with Crippen LogP contribution in [0.1, 0.15) is 16.8 Å². The summed E-state index contributed by atoms with van der Waals surface area (Å²) in [4.78, 5) is 14.5. The molecule has 1 heterocycles. The van der Waals surface area contributed by atoms with E-state index in [2.05, 4.69) is 10.3 Å². The minimum absolute atomic E-state index is 0.130. The van der Waals surface area contributed by atoms with Gasteiger partial charge < -0.3 is 5.32 Å². The van der Waals surface area contributed by atoms with Crippen molar-refractivity contribution in [2.45, 2.75) is 19.9 Å². The average molecular weight is 271 g/mol. The first-order chi connectivity index (χ1) is 9.65. The summed E-state index contributed by atoms with van der Waals surface area (Å²) in [6, 6.07) is 10.7. The Labute approximate surface area is 117 Å². The van der Waals surface area contributed by atoms with Crippen LogP contribution < -0.4 is 5.32 Å². The predicted octanol–water partition coefficient (Wildman–Crippen LogP) is 2.63. The number of nitro groups is 1. The normalized spacial score (nSPS) is 10.4.